The van der Waals surface area contributed by atoms with Crippen LogP contribution in [-0.4, -0.2) is 30.3 Å². The van der Waals surface area contributed by atoms with Gasteiger partial charge in [0.15, 0.2) is 0 Å². The van der Waals surface area contributed by atoms with E-state index in [1.165, 1.54) is 21.9 Å². The number of hydrogen-bond acceptors (Lipinski definition) is 2. The van der Waals surface area contributed by atoms with Gasteiger partial charge in [-0.25, -0.2) is 4.79 Å². The number of carboxylic acid groups (broad SMARTS) is 1. The van der Waals surface area contributed by atoms with Crippen LogP contribution in [0.1, 0.15) is 12.0 Å². The topological polar surface area (TPSA) is 49.3 Å². The van der Waals surface area contributed by atoms with Crippen LogP contribution in [0.3, 0.4) is 0 Å². The van der Waals surface area contributed by atoms with Gasteiger partial charge in [-0.3, -0.25) is 0 Å². The molecule has 0 unspecified atom stereocenters. The van der Waals surface area contributed by atoms with E-state index in [0.717, 1.165) is 19.5 Å². The van der Waals surface area contributed by atoms with E-state index in [2.05, 4.69) is 53.9 Å². The Morgan fingerprint density at radius 2 is 1.74 bits per heavy atom. The zero-order chi connectivity index (χ0) is 16.9. The van der Waals surface area contributed by atoms with Crippen LogP contribution in [0, 0.1) is 0 Å². The van der Waals surface area contributed by atoms with Gasteiger partial charge in [0, 0.05) is 6.54 Å². The molecule has 0 aromatic heterocycles. The number of aliphatic carboxylic acids is 1. The Morgan fingerprint density at radius 1 is 1.09 bits per heavy atom. The Balaban J connectivity index is 0.000000236. The maximum Gasteiger partial charge on any atom is 0.490 e. The minimum atomic E-state index is -5.08. The van der Waals surface area contributed by atoms with Crippen molar-refractivity contribution in [1.82, 2.24) is 5.32 Å². The van der Waals surface area contributed by atoms with E-state index in [0.29, 0.717) is 0 Å². The first-order chi connectivity index (χ1) is 10.9. The molecule has 0 bridgehead atoms. The molecule has 2 aromatic rings. The van der Waals surface area contributed by atoms with E-state index >= 15 is 0 Å². The van der Waals surface area contributed by atoms with Gasteiger partial charge in [0.1, 0.15) is 0 Å². The molecule has 0 spiro atoms. The van der Waals surface area contributed by atoms with E-state index in [1.54, 1.807) is 0 Å². The number of carbonyl (C=O) groups is 1. The summed E-state index contributed by atoms with van der Waals surface area (Å²) in [5.74, 6) is -2.76. The number of carboxylic acids is 1. The van der Waals surface area contributed by atoms with Gasteiger partial charge in [-0.1, -0.05) is 42.5 Å². The number of fused-ring (bicyclic) bond motifs is 1. The first kappa shape index (κ1) is 17.0. The summed E-state index contributed by atoms with van der Waals surface area (Å²) in [5.41, 5.74) is 2.78. The van der Waals surface area contributed by atoms with E-state index in [-0.39, 0.29) is 0 Å². The smallest absolute Gasteiger partial charge is 0.475 e. The highest BCUT2D eigenvalue weighted by molar-refractivity contribution is 5.86. The van der Waals surface area contributed by atoms with Crippen LogP contribution < -0.4 is 5.32 Å². The SMILES string of the molecule is C1=C(c2ccc3ccccc3c2)CNCC1.O=C(O)C(F)(F)F. The molecule has 2 aromatic carbocycles. The lowest BCUT2D eigenvalue weighted by Crippen LogP contribution is -2.21. The third-order valence-corrected chi connectivity index (χ3v) is 3.39. The predicted octanol–water partition coefficient (Wildman–Crippen LogP) is 3.85. The molecule has 23 heavy (non-hydrogen) atoms. The van der Waals surface area contributed by atoms with Crippen molar-refractivity contribution in [2.75, 3.05) is 13.1 Å². The van der Waals surface area contributed by atoms with Crippen molar-refractivity contribution in [2.24, 2.45) is 0 Å². The highest BCUT2D eigenvalue weighted by Gasteiger charge is 2.38. The molecule has 0 fully saturated rings. The van der Waals surface area contributed by atoms with E-state index in [4.69, 9.17) is 9.90 Å². The van der Waals surface area contributed by atoms with Crippen molar-refractivity contribution in [3.05, 3.63) is 54.1 Å². The van der Waals surface area contributed by atoms with Crippen LogP contribution in [0.25, 0.3) is 16.3 Å². The Hall–Kier alpha value is -2.34. The Morgan fingerprint density at radius 3 is 2.30 bits per heavy atom. The molecule has 1 heterocycles. The third-order valence-electron chi connectivity index (χ3n) is 3.39. The van der Waals surface area contributed by atoms with Crippen LogP contribution in [0.15, 0.2) is 48.5 Å². The summed E-state index contributed by atoms with van der Waals surface area (Å²) in [6.07, 6.45) is -1.59. The summed E-state index contributed by atoms with van der Waals surface area (Å²) >= 11 is 0. The molecule has 122 valence electrons. The minimum absolute atomic E-state index is 0.998. The lowest BCUT2D eigenvalue weighted by atomic mass is 9.99. The van der Waals surface area contributed by atoms with Crippen molar-refractivity contribution in [2.45, 2.75) is 12.6 Å². The van der Waals surface area contributed by atoms with Crippen molar-refractivity contribution in [1.29, 1.82) is 0 Å². The average Bonchev–Trinajstić information content (AvgIpc) is 2.55. The van der Waals surface area contributed by atoms with Crippen LogP contribution >= 0.6 is 0 Å². The first-order valence-corrected chi connectivity index (χ1v) is 7.07. The van der Waals surface area contributed by atoms with Crippen LogP contribution in [0.4, 0.5) is 13.2 Å². The second kappa shape index (κ2) is 7.28. The molecule has 0 amide bonds. The fraction of sp³-hybridized carbons (Fsp3) is 0.235. The molecule has 3 nitrogen and oxygen atoms in total. The van der Waals surface area contributed by atoms with E-state index < -0.39 is 12.1 Å². The molecule has 0 radical (unpaired) electrons. The molecule has 3 rings (SSSR count). The van der Waals surface area contributed by atoms with Gasteiger partial charge >= 0.3 is 12.1 Å². The zero-order valence-corrected chi connectivity index (χ0v) is 12.2. The van der Waals surface area contributed by atoms with Crippen molar-refractivity contribution < 1.29 is 23.1 Å². The number of hydrogen-bond donors (Lipinski definition) is 2. The molecule has 0 saturated heterocycles. The highest BCUT2D eigenvalue weighted by atomic mass is 19.4. The summed E-state index contributed by atoms with van der Waals surface area (Å²) in [6.45, 7) is 2.11. The molecule has 6 heteroatoms. The maximum absolute atomic E-state index is 10.6. The molecule has 1 aliphatic rings. The molecule has 0 saturated carbocycles. The lowest BCUT2D eigenvalue weighted by molar-refractivity contribution is -0.192. The standard InChI is InChI=1S/C15H15N.C2HF3O2/c1-2-5-13-10-14(8-7-12(13)4-1)15-6-3-9-16-11-15;3-2(4,5)1(6)7/h1-2,4-8,10,16H,3,9,11H2;(H,6,7). The number of nitrogens with one attached hydrogen (secondary N) is 1. The van der Waals surface area contributed by atoms with Crippen molar-refractivity contribution >= 4 is 22.3 Å². The number of alkyl halides is 3. The van der Waals surface area contributed by atoms with Crippen LogP contribution in [-0.2, 0) is 4.79 Å². The minimum Gasteiger partial charge on any atom is -0.475 e. The van der Waals surface area contributed by atoms with Crippen molar-refractivity contribution in [3.63, 3.8) is 0 Å². The van der Waals surface area contributed by atoms with E-state index in [9.17, 15) is 13.2 Å². The van der Waals surface area contributed by atoms with Gasteiger partial charge < -0.3 is 10.4 Å². The lowest BCUT2D eigenvalue weighted by Gasteiger charge is -2.14. The summed E-state index contributed by atoms with van der Waals surface area (Å²) < 4.78 is 31.7. The number of halogens is 3. The predicted molar refractivity (Wildman–Crippen MR) is 83.1 cm³/mol. The van der Waals surface area contributed by atoms with Crippen LogP contribution in [0.2, 0.25) is 0 Å². The van der Waals surface area contributed by atoms with E-state index in [1.807, 2.05) is 0 Å². The van der Waals surface area contributed by atoms with Gasteiger partial charge in [-0.2, -0.15) is 13.2 Å². The second-order valence-electron chi connectivity index (χ2n) is 5.06. The number of benzene rings is 2. The fourth-order valence-electron chi connectivity index (χ4n) is 2.25. The summed E-state index contributed by atoms with van der Waals surface area (Å²) in [7, 11) is 0. The van der Waals surface area contributed by atoms with Gasteiger partial charge in [0.2, 0.25) is 0 Å². The van der Waals surface area contributed by atoms with Gasteiger partial charge in [0.05, 0.1) is 0 Å². The maximum atomic E-state index is 10.6. The van der Waals surface area contributed by atoms with Gasteiger partial charge in [-0.15, -0.1) is 0 Å². The average molecular weight is 323 g/mol. The van der Waals surface area contributed by atoms with Gasteiger partial charge in [-0.05, 0) is 40.9 Å². The summed E-state index contributed by atoms with van der Waals surface area (Å²) in [4.78, 5) is 8.90. The van der Waals surface area contributed by atoms with Gasteiger partial charge in [0.25, 0.3) is 0 Å². The Labute approximate surface area is 131 Å². The van der Waals surface area contributed by atoms with Crippen LogP contribution in [0.5, 0.6) is 0 Å². The molecular weight excluding hydrogens is 307 g/mol. The molecular formula is C17H16F3NO2. The summed E-state index contributed by atoms with van der Waals surface area (Å²) in [6, 6.07) is 15.2. The zero-order valence-electron chi connectivity index (χ0n) is 12.2. The Bertz CT molecular complexity index is 723. The second-order valence-corrected chi connectivity index (χ2v) is 5.06. The molecule has 2 N–H and O–H groups in total. The Kier molecular flexibility index (Phi) is 5.39. The van der Waals surface area contributed by atoms with Crippen molar-refractivity contribution in [3.8, 4) is 0 Å². The molecule has 0 atom stereocenters. The fourth-order valence-corrected chi connectivity index (χ4v) is 2.25. The third kappa shape index (κ3) is 4.82. The largest absolute Gasteiger partial charge is 0.490 e. The monoisotopic (exact) mass is 323 g/mol. The number of rotatable bonds is 1. The quantitative estimate of drug-likeness (QED) is 0.838. The molecule has 1 aliphatic heterocycles. The normalized spacial score (nSPS) is 14.7. The summed E-state index contributed by atoms with van der Waals surface area (Å²) in [5, 5.41) is 13.2. The highest BCUT2D eigenvalue weighted by Crippen LogP contribution is 2.22. The first-order valence-electron chi connectivity index (χ1n) is 7.07. The molecule has 0 aliphatic carbocycles.